The van der Waals surface area contributed by atoms with Crippen molar-refractivity contribution in [2.45, 2.75) is 46.1 Å². The van der Waals surface area contributed by atoms with Crippen LogP contribution in [0.3, 0.4) is 0 Å². The number of nitrogens with two attached hydrogens (primary N) is 1. The Labute approximate surface area is 125 Å². The normalized spacial score (nSPS) is 26.2. The molecule has 0 spiro atoms. The molecule has 0 saturated heterocycles. The fraction of sp³-hybridized carbons (Fsp3) is 0.600. The summed E-state index contributed by atoms with van der Waals surface area (Å²) in [5.41, 5.74) is 6.56. The van der Waals surface area contributed by atoms with Crippen molar-refractivity contribution in [2.24, 2.45) is 11.3 Å². The minimum atomic E-state index is 0.164. The zero-order valence-corrected chi connectivity index (χ0v) is 13.2. The Kier molecular flexibility index (Phi) is 4.22. The van der Waals surface area contributed by atoms with Crippen LogP contribution in [0.25, 0.3) is 0 Å². The third-order valence-electron chi connectivity index (χ3n) is 3.65. The number of anilines is 1. The van der Waals surface area contributed by atoms with Gasteiger partial charge < -0.3 is 10.5 Å². The van der Waals surface area contributed by atoms with E-state index in [-0.39, 0.29) is 6.10 Å². The Hall–Kier alpha value is -0.600. The molecule has 0 radical (unpaired) electrons. The number of hydrogen-bond donors (Lipinski definition) is 1. The first-order chi connectivity index (χ1) is 8.77. The summed E-state index contributed by atoms with van der Waals surface area (Å²) in [5.74, 6) is 1.22. The van der Waals surface area contributed by atoms with E-state index in [4.69, 9.17) is 33.7 Å². The van der Waals surface area contributed by atoms with Gasteiger partial charge in [-0.2, -0.15) is 0 Å². The highest BCUT2D eigenvalue weighted by molar-refractivity contribution is 6.37. The van der Waals surface area contributed by atoms with Crippen LogP contribution in [0, 0.1) is 11.3 Å². The molecule has 2 atom stereocenters. The summed E-state index contributed by atoms with van der Waals surface area (Å²) in [7, 11) is 0. The van der Waals surface area contributed by atoms with E-state index < -0.39 is 0 Å². The molecule has 1 saturated carbocycles. The molecule has 0 aliphatic heterocycles. The van der Waals surface area contributed by atoms with E-state index in [1.165, 1.54) is 6.42 Å². The maximum Gasteiger partial charge on any atom is 0.157 e. The summed E-state index contributed by atoms with van der Waals surface area (Å²) >= 11 is 12.3. The molecule has 0 bridgehead atoms. The number of rotatable bonds is 2. The molecule has 0 amide bonds. The first kappa shape index (κ1) is 14.8. The van der Waals surface area contributed by atoms with E-state index in [1.807, 2.05) is 0 Å². The third-order valence-corrected chi connectivity index (χ3v) is 4.21. The monoisotopic (exact) mass is 301 g/mol. The highest BCUT2D eigenvalue weighted by Gasteiger charge is 2.33. The van der Waals surface area contributed by atoms with Gasteiger partial charge in [-0.05, 0) is 42.7 Å². The minimum Gasteiger partial charge on any atom is -0.487 e. The van der Waals surface area contributed by atoms with E-state index >= 15 is 0 Å². The summed E-state index contributed by atoms with van der Waals surface area (Å²) in [6.07, 6.45) is 3.46. The molecule has 1 aromatic rings. The first-order valence-electron chi connectivity index (χ1n) is 6.68. The van der Waals surface area contributed by atoms with Crippen LogP contribution in [-0.2, 0) is 0 Å². The van der Waals surface area contributed by atoms with Gasteiger partial charge in [-0.1, -0.05) is 44.0 Å². The Morgan fingerprint density at radius 2 is 1.79 bits per heavy atom. The molecule has 2 unspecified atom stereocenters. The fourth-order valence-electron chi connectivity index (χ4n) is 3.21. The quantitative estimate of drug-likeness (QED) is 0.765. The van der Waals surface area contributed by atoms with E-state index in [0.717, 1.165) is 12.8 Å². The molecule has 1 aliphatic carbocycles. The molecule has 106 valence electrons. The van der Waals surface area contributed by atoms with Crippen LogP contribution in [0.2, 0.25) is 10.0 Å². The fourth-order valence-corrected chi connectivity index (χ4v) is 3.80. The predicted octanol–water partition coefficient (Wildman–Crippen LogP) is 5.17. The second-order valence-electron chi connectivity index (χ2n) is 6.47. The largest absolute Gasteiger partial charge is 0.487 e. The third kappa shape index (κ3) is 3.70. The van der Waals surface area contributed by atoms with Crippen LogP contribution >= 0.6 is 23.2 Å². The summed E-state index contributed by atoms with van der Waals surface area (Å²) < 4.78 is 6.06. The zero-order valence-electron chi connectivity index (χ0n) is 11.7. The van der Waals surface area contributed by atoms with Crippen molar-refractivity contribution in [3.63, 3.8) is 0 Å². The van der Waals surface area contributed by atoms with E-state index in [1.54, 1.807) is 12.1 Å². The van der Waals surface area contributed by atoms with Gasteiger partial charge in [-0.25, -0.2) is 0 Å². The lowest BCUT2D eigenvalue weighted by atomic mass is 9.71. The molecule has 2 rings (SSSR count). The van der Waals surface area contributed by atoms with Gasteiger partial charge in [-0.15, -0.1) is 0 Å². The second kappa shape index (κ2) is 5.41. The Morgan fingerprint density at radius 3 is 2.32 bits per heavy atom. The topological polar surface area (TPSA) is 35.2 Å². The average molecular weight is 302 g/mol. The van der Waals surface area contributed by atoms with Crippen molar-refractivity contribution < 1.29 is 4.74 Å². The lowest BCUT2D eigenvalue weighted by Crippen LogP contribution is -2.34. The number of hydrogen-bond acceptors (Lipinski definition) is 2. The summed E-state index contributed by atoms with van der Waals surface area (Å²) in [6, 6.07) is 3.36. The van der Waals surface area contributed by atoms with Gasteiger partial charge in [0.05, 0.1) is 16.1 Å². The van der Waals surface area contributed by atoms with E-state index in [0.29, 0.717) is 32.8 Å². The highest BCUT2D eigenvalue weighted by Crippen LogP contribution is 2.42. The molecule has 0 heterocycles. The van der Waals surface area contributed by atoms with Crippen LogP contribution in [0.4, 0.5) is 5.69 Å². The van der Waals surface area contributed by atoms with Crippen LogP contribution in [0.1, 0.15) is 40.0 Å². The van der Waals surface area contributed by atoms with Gasteiger partial charge in [0, 0.05) is 5.69 Å². The zero-order chi connectivity index (χ0) is 14.2. The SMILES string of the molecule is CC1CC(Oc2c(Cl)cc(N)cc2Cl)CC(C)(C)C1. The molecule has 4 heteroatoms. The second-order valence-corrected chi connectivity index (χ2v) is 7.28. The Morgan fingerprint density at radius 1 is 1.21 bits per heavy atom. The van der Waals surface area contributed by atoms with Crippen molar-refractivity contribution in [1.29, 1.82) is 0 Å². The summed E-state index contributed by atoms with van der Waals surface area (Å²) in [4.78, 5) is 0. The minimum absolute atomic E-state index is 0.164. The van der Waals surface area contributed by atoms with Gasteiger partial charge >= 0.3 is 0 Å². The van der Waals surface area contributed by atoms with Crippen molar-refractivity contribution in [1.82, 2.24) is 0 Å². The first-order valence-corrected chi connectivity index (χ1v) is 7.43. The molecule has 2 N–H and O–H groups in total. The highest BCUT2D eigenvalue weighted by atomic mass is 35.5. The van der Waals surface area contributed by atoms with Gasteiger partial charge in [0.2, 0.25) is 0 Å². The van der Waals surface area contributed by atoms with E-state index in [9.17, 15) is 0 Å². The van der Waals surface area contributed by atoms with Gasteiger partial charge in [-0.3, -0.25) is 0 Å². The summed E-state index contributed by atoms with van der Waals surface area (Å²) in [6.45, 7) is 6.83. The van der Waals surface area contributed by atoms with Crippen molar-refractivity contribution >= 4 is 28.9 Å². The Balaban J connectivity index is 2.17. The predicted molar refractivity (Wildman–Crippen MR) is 82.1 cm³/mol. The van der Waals surface area contributed by atoms with Crippen LogP contribution in [0.5, 0.6) is 5.75 Å². The number of halogens is 2. The van der Waals surface area contributed by atoms with Crippen LogP contribution in [0.15, 0.2) is 12.1 Å². The lowest BCUT2D eigenvalue weighted by molar-refractivity contribution is 0.0564. The van der Waals surface area contributed by atoms with Crippen molar-refractivity contribution in [3.05, 3.63) is 22.2 Å². The van der Waals surface area contributed by atoms with Crippen molar-refractivity contribution in [2.75, 3.05) is 5.73 Å². The summed E-state index contributed by atoms with van der Waals surface area (Å²) in [5, 5.41) is 0.974. The van der Waals surface area contributed by atoms with Gasteiger partial charge in [0.25, 0.3) is 0 Å². The molecule has 1 aromatic carbocycles. The molecule has 2 nitrogen and oxygen atoms in total. The molecule has 19 heavy (non-hydrogen) atoms. The molecular formula is C15H21Cl2NO. The number of nitrogen functional groups attached to an aromatic ring is 1. The Bertz CT molecular complexity index is 450. The molecule has 1 fully saturated rings. The standard InChI is InChI=1S/C15H21Cl2NO/c1-9-4-11(8-15(2,3)7-9)19-14-12(16)5-10(18)6-13(14)17/h5-6,9,11H,4,7-8,18H2,1-3H3. The molecule has 0 aromatic heterocycles. The molecular weight excluding hydrogens is 281 g/mol. The van der Waals surface area contributed by atoms with Crippen molar-refractivity contribution in [3.8, 4) is 5.75 Å². The van der Waals surface area contributed by atoms with Crippen LogP contribution in [-0.4, -0.2) is 6.10 Å². The maximum absolute atomic E-state index is 6.17. The smallest absolute Gasteiger partial charge is 0.157 e. The molecule has 1 aliphatic rings. The van der Waals surface area contributed by atoms with Gasteiger partial charge in [0.15, 0.2) is 5.75 Å². The average Bonchev–Trinajstić information content (AvgIpc) is 2.20. The number of benzene rings is 1. The lowest BCUT2D eigenvalue weighted by Gasteiger charge is -2.39. The van der Waals surface area contributed by atoms with Crippen LogP contribution < -0.4 is 10.5 Å². The maximum atomic E-state index is 6.17. The van der Waals surface area contributed by atoms with Gasteiger partial charge in [0.1, 0.15) is 0 Å². The number of ether oxygens (including phenoxy) is 1. The van der Waals surface area contributed by atoms with E-state index in [2.05, 4.69) is 20.8 Å².